The minimum atomic E-state index is -4.76. The first-order valence-corrected chi connectivity index (χ1v) is 4.89. The Labute approximate surface area is 103 Å². The minimum Gasteiger partial charge on any atom is -0.725 e. The summed E-state index contributed by atoms with van der Waals surface area (Å²) in [7, 11) is -3.61. The zero-order valence-electron chi connectivity index (χ0n) is 7.34. The van der Waals surface area contributed by atoms with Crippen LogP contribution in [0.4, 0.5) is 0 Å². The molecule has 0 heterocycles. The molecule has 0 aliphatic carbocycles. The number of esters is 1. The molecule has 0 aromatic carbocycles. The van der Waals surface area contributed by atoms with Crippen molar-refractivity contribution in [2.24, 2.45) is 0 Å². The summed E-state index contributed by atoms with van der Waals surface area (Å²) in [5, 5.41) is -0.848. The zero-order chi connectivity index (χ0) is 9.78. The maximum atomic E-state index is 10.6. The SMILES string of the molecule is COC(=O)C(C)SOS(=O)(=O)[O-].[Na+]. The second kappa shape index (κ2) is 7.04. The first-order valence-electron chi connectivity index (χ1n) is 2.75. The Morgan fingerprint density at radius 2 is 2.00 bits per heavy atom. The van der Waals surface area contributed by atoms with Crippen LogP contribution in [0.2, 0.25) is 0 Å². The van der Waals surface area contributed by atoms with Crippen LogP contribution in [0.25, 0.3) is 0 Å². The zero-order valence-corrected chi connectivity index (χ0v) is 11.0. The van der Waals surface area contributed by atoms with Crippen LogP contribution < -0.4 is 29.6 Å². The van der Waals surface area contributed by atoms with Crippen LogP contribution in [0.15, 0.2) is 0 Å². The number of hydrogen-bond acceptors (Lipinski definition) is 7. The fourth-order valence-corrected chi connectivity index (χ4v) is 1.34. The van der Waals surface area contributed by atoms with E-state index >= 15 is 0 Å². The van der Waals surface area contributed by atoms with Crippen molar-refractivity contribution in [1.29, 1.82) is 0 Å². The van der Waals surface area contributed by atoms with Crippen LogP contribution in [-0.4, -0.2) is 31.3 Å². The van der Waals surface area contributed by atoms with Crippen molar-refractivity contribution in [3.05, 3.63) is 0 Å². The van der Waals surface area contributed by atoms with Gasteiger partial charge < -0.3 is 9.29 Å². The summed E-state index contributed by atoms with van der Waals surface area (Å²) in [5.74, 6) is -0.663. The summed E-state index contributed by atoms with van der Waals surface area (Å²) in [6, 6.07) is 0. The standard InChI is InChI=1S/C4H8O6S2.Na/c1-3(4(5)9-2)11-10-12(6,7)8;/h3H,1-2H3,(H,6,7,8);/q;+1/p-1. The van der Waals surface area contributed by atoms with Crippen molar-refractivity contribution in [1.82, 2.24) is 0 Å². The fourth-order valence-electron chi connectivity index (χ4n) is 0.312. The Hall–Kier alpha value is 0.690. The molecule has 0 saturated heterocycles. The van der Waals surface area contributed by atoms with E-state index in [2.05, 4.69) is 8.37 Å². The Morgan fingerprint density at radius 1 is 1.54 bits per heavy atom. The Kier molecular flexibility index (Phi) is 8.74. The minimum absolute atomic E-state index is 0. The summed E-state index contributed by atoms with van der Waals surface area (Å²) < 4.78 is 37.7. The average molecular weight is 238 g/mol. The predicted octanol–water partition coefficient (Wildman–Crippen LogP) is -3.32. The molecule has 0 amide bonds. The molecule has 1 atom stereocenters. The Balaban J connectivity index is 0. The molecule has 13 heavy (non-hydrogen) atoms. The van der Waals surface area contributed by atoms with E-state index in [1.807, 2.05) is 0 Å². The van der Waals surface area contributed by atoms with E-state index in [0.29, 0.717) is 0 Å². The molecular formula is C4H7NaO6S2. The van der Waals surface area contributed by atoms with Crippen LogP contribution in [0.1, 0.15) is 6.92 Å². The Bertz CT molecular complexity index is 249. The van der Waals surface area contributed by atoms with Gasteiger partial charge in [0.05, 0.1) is 7.11 Å². The van der Waals surface area contributed by atoms with Gasteiger partial charge in [0.2, 0.25) is 10.4 Å². The second-order valence-electron chi connectivity index (χ2n) is 1.74. The van der Waals surface area contributed by atoms with Gasteiger partial charge in [0, 0.05) is 12.0 Å². The molecule has 0 N–H and O–H groups in total. The van der Waals surface area contributed by atoms with Gasteiger partial charge in [0.1, 0.15) is 5.25 Å². The molecule has 0 aliphatic rings. The number of ether oxygens (including phenoxy) is 1. The molecule has 1 unspecified atom stereocenters. The average Bonchev–Trinajstić information content (AvgIpc) is 1.97. The maximum Gasteiger partial charge on any atom is 1.00 e. The van der Waals surface area contributed by atoms with Crippen molar-refractivity contribution in [3.63, 3.8) is 0 Å². The summed E-state index contributed by atoms with van der Waals surface area (Å²) in [4.78, 5) is 10.6. The van der Waals surface area contributed by atoms with Crippen LogP contribution in [0.5, 0.6) is 0 Å². The smallest absolute Gasteiger partial charge is 0.725 e. The molecule has 0 rings (SSSR count). The van der Waals surface area contributed by atoms with E-state index in [1.165, 1.54) is 6.92 Å². The van der Waals surface area contributed by atoms with Gasteiger partial charge in [-0.2, -0.15) is 0 Å². The molecule has 6 nitrogen and oxygen atoms in total. The first kappa shape index (κ1) is 16.1. The second-order valence-corrected chi connectivity index (χ2v) is 4.00. The molecule has 0 bridgehead atoms. The molecule has 0 aromatic heterocycles. The van der Waals surface area contributed by atoms with E-state index < -0.39 is 21.6 Å². The number of hydrogen-bond donors (Lipinski definition) is 0. The summed E-state index contributed by atoms with van der Waals surface area (Å²) >= 11 is 0.241. The van der Waals surface area contributed by atoms with Crippen molar-refractivity contribution < 1.29 is 55.7 Å². The van der Waals surface area contributed by atoms with Gasteiger partial charge in [-0.25, -0.2) is 12.0 Å². The van der Waals surface area contributed by atoms with Crippen molar-refractivity contribution in [2.45, 2.75) is 12.2 Å². The normalized spacial score (nSPS) is 12.8. The molecule has 9 heteroatoms. The molecule has 0 fully saturated rings. The van der Waals surface area contributed by atoms with Crippen LogP contribution in [0.3, 0.4) is 0 Å². The van der Waals surface area contributed by atoms with Gasteiger partial charge in [-0.15, -0.1) is 0 Å². The van der Waals surface area contributed by atoms with Gasteiger partial charge >= 0.3 is 35.5 Å². The maximum absolute atomic E-state index is 10.6. The summed E-state index contributed by atoms with van der Waals surface area (Å²) in [5.41, 5.74) is 0. The first-order chi connectivity index (χ1) is 5.37. The number of carbonyl (C=O) groups excluding carboxylic acids is 1. The van der Waals surface area contributed by atoms with E-state index in [4.69, 9.17) is 0 Å². The predicted molar refractivity (Wildman–Crippen MR) is 39.9 cm³/mol. The largest absolute Gasteiger partial charge is 1.00 e. The number of rotatable bonds is 4. The van der Waals surface area contributed by atoms with Gasteiger partial charge in [-0.1, -0.05) is 0 Å². The van der Waals surface area contributed by atoms with Crippen LogP contribution >= 0.6 is 12.0 Å². The van der Waals surface area contributed by atoms with E-state index in [0.717, 1.165) is 7.11 Å². The number of methoxy groups -OCH3 is 1. The quantitative estimate of drug-likeness (QED) is 0.166. The molecular weight excluding hydrogens is 231 g/mol. The van der Waals surface area contributed by atoms with E-state index in [1.54, 1.807) is 0 Å². The van der Waals surface area contributed by atoms with Gasteiger partial charge in [-0.05, 0) is 6.92 Å². The van der Waals surface area contributed by atoms with Gasteiger partial charge in [0.25, 0.3) is 0 Å². The molecule has 72 valence electrons. The molecule has 0 radical (unpaired) electrons. The summed E-state index contributed by atoms with van der Waals surface area (Å²) in [6.07, 6.45) is 0. The molecule has 0 saturated carbocycles. The van der Waals surface area contributed by atoms with E-state index in [9.17, 15) is 17.8 Å². The van der Waals surface area contributed by atoms with Gasteiger partial charge in [-0.3, -0.25) is 4.79 Å². The van der Waals surface area contributed by atoms with Crippen molar-refractivity contribution in [2.75, 3.05) is 7.11 Å². The fraction of sp³-hybridized carbons (Fsp3) is 0.750. The third kappa shape index (κ3) is 9.01. The van der Waals surface area contributed by atoms with Gasteiger partial charge in [0.15, 0.2) is 0 Å². The van der Waals surface area contributed by atoms with Crippen LogP contribution in [0, 0.1) is 0 Å². The van der Waals surface area contributed by atoms with Crippen LogP contribution in [-0.2, 0) is 23.6 Å². The summed E-state index contributed by atoms with van der Waals surface area (Å²) in [6.45, 7) is 1.35. The molecule has 0 spiro atoms. The van der Waals surface area contributed by atoms with Crippen molar-refractivity contribution in [3.8, 4) is 0 Å². The third-order valence-electron chi connectivity index (χ3n) is 0.800. The third-order valence-corrected chi connectivity index (χ3v) is 2.26. The van der Waals surface area contributed by atoms with Crippen molar-refractivity contribution >= 4 is 28.4 Å². The number of carbonyl (C=O) groups is 1. The monoisotopic (exact) mass is 238 g/mol. The topological polar surface area (TPSA) is 92.7 Å². The molecule has 0 aliphatic heterocycles. The van der Waals surface area contributed by atoms with E-state index in [-0.39, 0.29) is 41.6 Å². The Morgan fingerprint density at radius 3 is 2.31 bits per heavy atom. The molecule has 0 aromatic rings.